The van der Waals surface area contributed by atoms with Crippen molar-refractivity contribution in [3.63, 3.8) is 0 Å². The highest BCUT2D eigenvalue weighted by molar-refractivity contribution is 5.77. The molecule has 0 saturated carbocycles. The molecule has 0 unspecified atom stereocenters. The Morgan fingerprint density at radius 2 is 1.93 bits per heavy atom. The van der Waals surface area contributed by atoms with Gasteiger partial charge in [-0.1, -0.05) is 24.3 Å². The van der Waals surface area contributed by atoms with Gasteiger partial charge in [-0.25, -0.2) is 0 Å². The van der Waals surface area contributed by atoms with Crippen LogP contribution >= 0.6 is 0 Å². The largest absolute Gasteiger partial charge is 0.392 e. The first-order valence-corrected chi connectivity index (χ1v) is 4.70. The van der Waals surface area contributed by atoms with Crippen molar-refractivity contribution in [1.82, 2.24) is 5.32 Å². The Bertz CT molecular complexity index is 308. The summed E-state index contributed by atoms with van der Waals surface area (Å²) in [6.07, 6.45) is 0. The molecule has 15 heavy (non-hydrogen) atoms. The van der Waals surface area contributed by atoms with E-state index in [-0.39, 0.29) is 19.1 Å². The Morgan fingerprint density at radius 1 is 1.33 bits per heavy atom. The summed E-state index contributed by atoms with van der Waals surface area (Å²) in [5.74, 6) is -0.135. The summed E-state index contributed by atoms with van der Waals surface area (Å²) in [6.45, 7) is 0.596. The van der Waals surface area contributed by atoms with Crippen LogP contribution in [0.1, 0.15) is 11.1 Å². The number of carbonyl (C=O) groups excluding carboxylic acids is 1. The van der Waals surface area contributed by atoms with Gasteiger partial charge in [-0.05, 0) is 11.1 Å². The first-order chi connectivity index (χ1) is 7.26. The van der Waals surface area contributed by atoms with Crippen molar-refractivity contribution in [3.8, 4) is 0 Å². The van der Waals surface area contributed by atoms with Gasteiger partial charge in [-0.3, -0.25) is 4.79 Å². The normalized spacial score (nSPS) is 10.0. The van der Waals surface area contributed by atoms with Gasteiger partial charge in [0.2, 0.25) is 5.91 Å². The van der Waals surface area contributed by atoms with Crippen LogP contribution in [0.4, 0.5) is 0 Å². The second-order valence-electron chi connectivity index (χ2n) is 3.18. The van der Waals surface area contributed by atoms with E-state index >= 15 is 0 Å². The van der Waals surface area contributed by atoms with Crippen LogP contribution in [0.5, 0.6) is 0 Å². The third kappa shape index (κ3) is 4.10. The van der Waals surface area contributed by atoms with Gasteiger partial charge in [0.05, 0.1) is 6.61 Å². The van der Waals surface area contributed by atoms with E-state index in [4.69, 9.17) is 5.11 Å². The molecule has 4 heteroatoms. The van der Waals surface area contributed by atoms with Gasteiger partial charge in [0.15, 0.2) is 0 Å². The van der Waals surface area contributed by atoms with Crippen molar-refractivity contribution < 1.29 is 14.6 Å². The summed E-state index contributed by atoms with van der Waals surface area (Å²) in [5, 5.41) is 11.5. The second kappa shape index (κ2) is 6.16. The highest BCUT2D eigenvalue weighted by Crippen LogP contribution is 2.03. The van der Waals surface area contributed by atoms with Crippen LogP contribution < -0.4 is 5.32 Å². The van der Waals surface area contributed by atoms with Gasteiger partial charge in [0.1, 0.15) is 6.61 Å². The number of aliphatic hydroxyl groups is 1. The highest BCUT2D eigenvalue weighted by Gasteiger charge is 1.99. The van der Waals surface area contributed by atoms with Gasteiger partial charge in [0, 0.05) is 13.7 Å². The Kier molecular flexibility index (Phi) is 4.80. The number of methoxy groups -OCH3 is 1. The number of aliphatic hydroxyl groups excluding tert-OH is 1. The van der Waals surface area contributed by atoms with Crippen LogP contribution in [0.15, 0.2) is 24.3 Å². The van der Waals surface area contributed by atoms with Crippen LogP contribution in [0.25, 0.3) is 0 Å². The van der Waals surface area contributed by atoms with Crippen molar-refractivity contribution in [2.24, 2.45) is 0 Å². The highest BCUT2D eigenvalue weighted by atomic mass is 16.5. The molecule has 0 aliphatic heterocycles. The lowest BCUT2D eigenvalue weighted by Gasteiger charge is -2.05. The maximum atomic E-state index is 11.1. The number of carbonyl (C=O) groups is 1. The fourth-order valence-corrected chi connectivity index (χ4v) is 1.15. The first-order valence-electron chi connectivity index (χ1n) is 4.70. The van der Waals surface area contributed by atoms with Crippen molar-refractivity contribution in [1.29, 1.82) is 0 Å². The van der Waals surface area contributed by atoms with Gasteiger partial charge >= 0.3 is 0 Å². The molecule has 0 heterocycles. The molecule has 0 fully saturated rings. The number of rotatable bonds is 5. The molecule has 1 rings (SSSR count). The second-order valence-corrected chi connectivity index (χ2v) is 3.18. The minimum absolute atomic E-state index is 0.0380. The summed E-state index contributed by atoms with van der Waals surface area (Å²) < 4.78 is 4.68. The molecule has 0 aliphatic carbocycles. The van der Waals surface area contributed by atoms with Crippen LogP contribution in [-0.2, 0) is 22.7 Å². The summed E-state index contributed by atoms with van der Waals surface area (Å²) >= 11 is 0. The average molecular weight is 209 g/mol. The molecule has 0 saturated heterocycles. The molecule has 2 N–H and O–H groups in total. The molecule has 0 aromatic heterocycles. The predicted molar refractivity (Wildman–Crippen MR) is 56.1 cm³/mol. The van der Waals surface area contributed by atoms with Crippen molar-refractivity contribution in [2.45, 2.75) is 13.2 Å². The Morgan fingerprint density at radius 3 is 2.47 bits per heavy atom. The minimum atomic E-state index is -0.135. The molecular formula is C11H15NO3. The zero-order valence-corrected chi connectivity index (χ0v) is 8.69. The lowest BCUT2D eigenvalue weighted by atomic mass is 10.1. The summed E-state index contributed by atoms with van der Waals surface area (Å²) in [6, 6.07) is 7.41. The molecule has 0 bridgehead atoms. The minimum Gasteiger partial charge on any atom is -0.392 e. The fourth-order valence-electron chi connectivity index (χ4n) is 1.15. The molecule has 1 aromatic rings. The SMILES string of the molecule is COCC(=O)NCc1ccc(CO)cc1. The molecule has 1 amide bonds. The maximum Gasteiger partial charge on any atom is 0.246 e. The van der Waals surface area contributed by atoms with E-state index in [2.05, 4.69) is 10.1 Å². The monoisotopic (exact) mass is 209 g/mol. The third-order valence-electron chi connectivity index (χ3n) is 1.97. The zero-order valence-electron chi connectivity index (χ0n) is 8.69. The number of benzene rings is 1. The van der Waals surface area contributed by atoms with Crippen LogP contribution in [0, 0.1) is 0 Å². The zero-order chi connectivity index (χ0) is 11.1. The van der Waals surface area contributed by atoms with Gasteiger partial charge in [-0.2, -0.15) is 0 Å². The summed E-state index contributed by atoms with van der Waals surface area (Å²) in [7, 11) is 1.48. The van der Waals surface area contributed by atoms with Crippen LogP contribution in [0.2, 0.25) is 0 Å². The van der Waals surface area contributed by atoms with E-state index in [9.17, 15) is 4.79 Å². The molecular weight excluding hydrogens is 194 g/mol. The quantitative estimate of drug-likeness (QED) is 0.740. The summed E-state index contributed by atoms with van der Waals surface area (Å²) in [4.78, 5) is 11.1. The van der Waals surface area contributed by atoms with Crippen LogP contribution in [0.3, 0.4) is 0 Å². The lowest BCUT2D eigenvalue weighted by molar-refractivity contribution is -0.124. The maximum absolute atomic E-state index is 11.1. The van der Waals surface area contributed by atoms with Gasteiger partial charge in [0.25, 0.3) is 0 Å². The Labute approximate surface area is 88.9 Å². The number of nitrogens with one attached hydrogen (secondary N) is 1. The summed E-state index contributed by atoms with van der Waals surface area (Å²) in [5.41, 5.74) is 1.86. The third-order valence-corrected chi connectivity index (χ3v) is 1.97. The predicted octanol–water partition coefficient (Wildman–Crippen LogP) is 0.441. The van der Waals surface area contributed by atoms with E-state index in [1.807, 2.05) is 24.3 Å². The Hall–Kier alpha value is -1.39. The lowest BCUT2D eigenvalue weighted by Crippen LogP contribution is -2.26. The number of hydrogen-bond acceptors (Lipinski definition) is 3. The molecule has 0 aliphatic rings. The van der Waals surface area contributed by atoms with Crippen molar-refractivity contribution in [2.75, 3.05) is 13.7 Å². The van der Waals surface area contributed by atoms with E-state index in [0.29, 0.717) is 6.54 Å². The Balaban J connectivity index is 2.40. The van der Waals surface area contributed by atoms with E-state index < -0.39 is 0 Å². The van der Waals surface area contributed by atoms with Crippen molar-refractivity contribution >= 4 is 5.91 Å². The molecule has 0 radical (unpaired) electrons. The standard InChI is InChI=1S/C11H15NO3/c1-15-8-11(14)12-6-9-2-4-10(7-13)5-3-9/h2-5,13H,6-8H2,1H3,(H,12,14). The number of hydrogen-bond donors (Lipinski definition) is 2. The molecule has 1 aromatic carbocycles. The van der Waals surface area contributed by atoms with Gasteiger partial charge < -0.3 is 15.2 Å². The smallest absolute Gasteiger partial charge is 0.246 e. The number of amides is 1. The first kappa shape index (κ1) is 11.7. The van der Waals surface area contributed by atoms with Crippen LogP contribution in [-0.4, -0.2) is 24.7 Å². The van der Waals surface area contributed by atoms with E-state index in [1.54, 1.807) is 0 Å². The topological polar surface area (TPSA) is 58.6 Å². The van der Waals surface area contributed by atoms with Gasteiger partial charge in [-0.15, -0.1) is 0 Å². The molecule has 82 valence electrons. The molecule has 0 spiro atoms. The molecule has 4 nitrogen and oxygen atoms in total. The van der Waals surface area contributed by atoms with E-state index in [1.165, 1.54) is 7.11 Å². The molecule has 0 atom stereocenters. The van der Waals surface area contributed by atoms with Crippen molar-refractivity contribution in [3.05, 3.63) is 35.4 Å². The fraction of sp³-hybridized carbons (Fsp3) is 0.364. The average Bonchev–Trinajstić information content (AvgIpc) is 2.27. The van der Waals surface area contributed by atoms with E-state index in [0.717, 1.165) is 11.1 Å². The number of ether oxygens (including phenoxy) is 1.